The Morgan fingerprint density at radius 3 is 2.26 bits per heavy atom. The lowest BCUT2D eigenvalue weighted by molar-refractivity contribution is -0.123. The van der Waals surface area contributed by atoms with Crippen LogP contribution in [-0.2, 0) is 4.79 Å². The van der Waals surface area contributed by atoms with Gasteiger partial charge in [-0.3, -0.25) is 20.4 Å². The number of benzene rings is 2. The normalized spacial score (nSPS) is 9.83. The summed E-state index contributed by atoms with van der Waals surface area (Å²) in [6.07, 6.45) is 0. The van der Waals surface area contributed by atoms with Crippen molar-refractivity contribution in [3.8, 4) is 11.5 Å². The molecule has 0 bridgehead atoms. The van der Waals surface area contributed by atoms with Crippen LogP contribution in [0.15, 0.2) is 48.5 Å². The van der Waals surface area contributed by atoms with Gasteiger partial charge in [-0.25, -0.2) is 0 Å². The van der Waals surface area contributed by atoms with E-state index < -0.39 is 5.91 Å². The lowest BCUT2D eigenvalue weighted by atomic mass is 10.1. The van der Waals surface area contributed by atoms with E-state index in [0.717, 1.165) is 5.56 Å². The first-order valence-electron chi connectivity index (χ1n) is 7.02. The monoisotopic (exact) mass is 314 g/mol. The van der Waals surface area contributed by atoms with E-state index in [-0.39, 0.29) is 12.5 Å². The van der Waals surface area contributed by atoms with Gasteiger partial charge in [-0.2, -0.15) is 0 Å². The molecule has 0 atom stereocenters. The van der Waals surface area contributed by atoms with Crippen LogP contribution >= 0.6 is 0 Å². The number of hydrogen-bond donors (Lipinski definition) is 2. The molecule has 2 amide bonds. The van der Waals surface area contributed by atoms with E-state index in [1.54, 1.807) is 43.5 Å². The van der Waals surface area contributed by atoms with Gasteiger partial charge >= 0.3 is 0 Å². The summed E-state index contributed by atoms with van der Waals surface area (Å²) in [4.78, 5) is 23.6. The number of amides is 2. The van der Waals surface area contributed by atoms with Gasteiger partial charge in [0.1, 0.15) is 11.5 Å². The van der Waals surface area contributed by atoms with Crippen molar-refractivity contribution < 1.29 is 19.1 Å². The van der Waals surface area contributed by atoms with E-state index in [1.165, 1.54) is 0 Å². The van der Waals surface area contributed by atoms with Gasteiger partial charge in [0.2, 0.25) is 0 Å². The highest BCUT2D eigenvalue weighted by atomic mass is 16.5. The van der Waals surface area contributed by atoms with E-state index in [1.807, 2.05) is 19.1 Å². The fourth-order valence-electron chi connectivity index (χ4n) is 1.88. The summed E-state index contributed by atoms with van der Waals surface area (Å²) in [7, 11) is 1.57. The molecular weight excluding hydrogens is 296 g/mol. The average molecular weight is 314 g/mol. The Hall–Kier alpha value is -3.02. The minimum atomic E-state index is -0.456. The quantitative estimate of drug-likeness (QED) is 0.826. The molecule has 0 aromatic heterocycles. The first-order valence-corrected chi connectivity index (χ1v) is 7.02. The molecule has 23 heavy (non-hydrogen) atoms. The highest BCUT2D eigenvalue weighted by molar-refractivity contribution is 5.96. The minimum Gasteiger partial charge on any atom is -0.497 e. The number of ether oxygens (including phenoxy) is 2. The maximum Gasteiger partial charge on any atom is 0.276 e. The number of nitrogens with one attached hydrogen (secondary N) is 2. The first kappa shape index (κ1) is 16.4. The van der Waals surface area contributed by atoms with Crippen molar-refractivity contribution in [3.63, 3.8) is 0 Å². The van der Waals surface area contributed by atoms with Crippen LogP contribution in [0.5, 0.6) is 11.5 Å². The van der Waals surface area contributed by atoms with Gasteiger partial charge in [0, 0.05) is 5.56 Å². The molecule has 6 nitrogen and oxygen atoms in total. The smallest absolute Gasteiger partial charge is 0.276 e. The minimum absolute atomic E-state index is 0.208. The fraction of sp³-hybridized carbons (Fsp3) is 0.176. The zero-order valence-electron chi connectivity index (χ0n) is 13.0. The molecule has 0 saturated carbocycles. The third-order valence-corrected chi connectivity index (χ3v) is 3.13. The Kier molecular flexibility index (Phi) is 5.57. The van der Waals surface area contributed by atoms with Crippen LogP contribution in [0.1, 0.15) is 15.9 Å². The molecule has 0 heterocycles. The molecule has 120 valence electrons. The lowest BCUT2D eigenvalue weighted by Crippen LogP contribution is -2.44. The summed E-state index contributed by atoms with van der Waals surface area (Å²) in [6.45, 7) is 1.61. The molecule has 0 aliphatic carbocycles. The molecule has 0 unspecified atom stereocenters. The van der Waals surface area contributed by atoms with E-state index in [9.17, 15) is 9.59 Å². The molecule has 0 radical (unpaired) electrons. The Balaban J connectivity index is 1.78. The van der Waals surface area contributed by atoms with Gasteiger partial charge in [0.25, 0.3) is 11.8 Å². The van der Waals surface area contributed by atoms with Crippen molar-refractivity contribution in [2.24, 2.45) is 0 Å². The van der Waals surface area contributed by atoms with Crippen molar-refractivity contribution in [2.45, 2.75) is 6.92 Å². The highest BCUT2D eigenvalue weighted by Gasteiger charge is 2.09. The summed E-state index contributed by atoms with van der Waals surface area (Å²) in [5.74, 6) is 0.405. The SMILES string of the molecule is COc1ccc(OCC(=O)NNC(=O)c2ccccc2C)cc1. The summed E-state index contributed by atoms with van der Waals surface area (Å²) >= 11 is 0. The maximum atomic E-state index is 11.9. The average Bonchev–Trinajstić information content (AvgIpc) is 2.58. The summed E-state index contributed by atoms with van der Waals surface area (Å²) in [5, 5.41) is 0. The molecule has 0 spiro atoms. The van der Waals surface area contributed by atoms with Crippen molar-refractivity contribution in [3.05, 3.63) is 59.7 Å². The van der Waals surface area contributed by atoms with Gasteiger partial charge in [-0.1, -0.05) is 18.2 Å². The van der Waals surface area contributed by atoms with E-state index in [4.69, 9.17) is 9.47 Å². The largest absolute Gasteiger partial charge is 0.497 e. The fourth-order valence-corrected chi connectivity index (χ4v) is 1.88. The van der Waals surface area contributed by atoms with Crippen molar-refractivity contribution in [1.29, 1.82) is 0 Å². The number of hydrazine groups is 1. The van der Waals surface area contributed by atoms with Crippen LogP contribution in [0.4, 0.5) is 0 Å². The number of aryl methyl sites for hydroxylation is 1. The van der Waals surface area contributed by atoms with Gasteiger partial charge < -0.3 is 9.47 Å². The van der Waals surface area contributed by atoms with E-state index >= 15 is 0 Å². The summed E-state index contributed by atoms with van der Waals surface area (Å²) in [5.41, 5.74) is 6.00. The number of carbonyl (C=O) groups is 2. The standard InChI is InChI=1S/C17H18N2O4/c1-12-5-3-4-6-15(12)17(21)19-18-16(20)11-23-14-9-7-13(22-2)8-10-14/h3-10H,11H2,1-2H3,(H,18,20)(H,19,21). The van der Waals surface area contributed by atoms with E-state index in [0.29, 0.717) is 17.1 Å². The molecule has 2 aromatic carbocycles. The molecular formula is C17H18N2O4. The predicted molar refractivity (Wildman–Crippen MR) is 85.3 cm³/mol. The number of rotatable bonds is 5. The topological polar surface area (TPSA) is 76.7 Å². The van der Waals surface area contributed by atoms with Crippen LogP contribution < -0.4 is 20.3 Å². The van der Waals surface area contributed by atoms with Crippen molar-refractivity contribution in [1.82, 2.24) is 10.9 Å². The summed E-state index contributed by atoms with van der Waals surface area (Å²) < 4.78 is 10.3. The number of hydrogen-bond acceptors (Lipinski definition) is 4. The number of carbonyl (C=O) groups excluding carboxylic acids is 2. The van der Waals surface area contributed by atoms with Crippen LogP contribution in [0.2, 0.25) is 0 Å². The highest BCUT2D eigenvalue weighted by Crippen LogP contribution is 2.16. The molecule has 0 fully saturated rings. The number of methoxy groups -OCH3 is 1. The van der Waals surface area contributed by atoms with Gasteiger partial charge in [0.15, 0.2) is 6.61 Å². The third-order valence-electron chi connectivity index (χ3n) is 3.13. The second-order valence-electron chi connectivity index (χ2n) is 4.78. The summed E-state index contributed by atoms with van der Waals surface area (Å²) in [6, 6.07) is 14.0. The zero-order valence-corrected chi connectivity index (χ0v) is 13.0. The molecule has 0 aliphatic heterocycles. The Labute approximate surface area is 134 Å². The van der Waals surface area contributed by atoms with Crippen molar-refractivity contribution in [2.75, 3.05) is 13.7 Å². The van der Waals surface area contributed by atoms with Crippen LogP contribution in [0, 0.1) is 6.92 Å². The van der Waals surface area contributed by atoms with Crippen LogP contribution in [0.25, 0.3) is 0 Å². The van der Waals surface area contributed by atoms with Gasteiger partial charge in [-0.15, -0.1) is 0 Å². The second kappa shape index (κ2) is 7.84. The second-order valence-corrected chi connectivity index (χ2v) is 4.78. The molecule has 2 N–H and O–H groups in total. The third kappa shape index (κ3) is 4.74. The first-order chi connectivity index (χ1) is 11.1. The maximum absolute atomic E-state index is 11.9. The Morgan fingerprint density at radius 2 is 1.61 bits per heavy atom. The van der Waals surface area contributed by atoms with E-state index in [2.05, 4.69) is 10.9 Å². The Morgan fingerprint density at radius 1 is 0.957 bits per heavy atom. The van der Waals surface area contributed by atoms with Crippen molar-refractivity contribution >= 4 is 11.8 Å². The molecule has 0 saturated heterocycles. The zero-order chi connectivity index (χ0) is 16.7. The van der Waals surface area contributed by atoms with Gasteiger partial charge in [-0.05, 0) is 42.8 Å². The molecule has 2 rings (SSSR count). The lowest BCUT2D eigenvalue weighted by Gasteiger charge is -2.10. The molecule has 2 aromatic rings. The van der Waals surface area contributed by atoms with Crippen LogP contribution in [-0.4, -0.2) is 25.5 Å². The molecule has 6 heteroatoms. The predicted octanol–water partition coefficient (Wildman–Crippen LogP) is 1.84. The van der Waals surface area contributed by atoms with Crippen LogP contribution in [0.3, 0.4) is 0 Å². The molecule has 0 aliphatic rings. The van der Waals surface area contributed by atoms with Gasteiger partial charge in [0.05, 0.1) is 7.11 Å². The Bertz CT molecular complexity index is 683.